The Hall–Kier alpha value is -2.17. The standard InChI is InChI=1S/C18H18O4/c1-20-15-10-6-5-9-14(15)17(19)16(18-21-11-12-22-18)13-7-3-2-4-8-13/h2-10,16,18H,11-12H2,1H3. The van der Waals surface area contributed by atoms with E-state index in [-0.39, 0.29) is 5.78 Å². The SMILES string of the molecule is COc1ccccc1C(=O)C(c1ccccc1)C1OCCO1. The third-order valence-corrected chi connectivity index (χ3v) is 3.73. The average Bonchev–Trinajstić information content (AvgIpc) is 3.10. The lowest BCUT2D eigenvalue weighted by Crippen LogP contribution is -2.27. The molecule has 0 radical (unpaired) electrons. The van der Waals surface area contributed by atoms with Crippen LogP contribution in [0.3, 0.4) is 0 Å². The van der Waals surface area contributed by atoms with Crippen molar-refractivity contribution in [2.24, 2.45) is 0 Å². The molecule has 3 rings (SSSR count). The summed E-state index contributed by atoms with van der Waals surface area (Å²) in [5.74, 6) is 0.00183. The van der Waals surface area contributed by atoms with Gasteiger partial charge in [0, 0.05) is 0 Å². The van der Waals surface area contributed by atoms with Crippen LogP contribution < -0.4 is 4.74 Å². The van der Waals surface area contributed by atoms with Crippen LogP contribution in [0.1, 0.15) is 21.8 Å². The zero-order valence-electron chi connectivity index (χ0n) is 12.4. The highest BCUT2D eigenvalue weighted by Gasteiger charge is 2.35. The fourth-order valence-electron chi connectivity index (χ4n) is 2.68. The Bertz CT molecular complexity index is 633. The fraction of sp³-hybridized carbons (Fsp3) is 0.278. The van der Waals surface area contributed by atoms with Gasteiger partial charge in [0.2, 0.25) is 0 Å². The van der Waals surface area contributed by atoms with E-state index in [1.54, 1.807) is 19.2 Å². The molecule has 0 N–H and O–H groups in total. The molecule has 0 bridgehead atoms. The molecule has 4 heteroatoms. The van der Waals surface area contributed by atoms with Crippen LogP contribution in [-0.2, 0) is 9.47 Å². The maximum atomic E-state index is 13.1. The smallest absolute Gasteiger partial charge is 0.179 e. The first-order valence-electron chi connectivity index (χ1n) is 7.26. The number of Topliss-reactive ketones (excluding diaryl/α,β-unsaturated/α-hetero) is 1. The zero-order valence-corrected chi connectivity index (χ0v) is 12.4. The van der Waals surface area contributed by atoms with Crippen molar-refractivity contribution in [2.75, 3.05) is 20.3 Å². The summed E-state index contributed by atoms with van der Waals surface area (Å²) < 4.78 is 16.5. The molecular formula is C18H18O4. The highest BCUT2D eigenvalue weighted by molar-refractivity contribution is 6.03. The van der Waals surface area contributed by atoms with E-state index in [1.807, 2.05) is 42.5 Å². The van der Waals surface area contributed by atoms with Crippen LogP contribution in [-0.4, -0.2) is 32.4 Å². The van der Waals surface area contributed by atoms with Gasteiger partial charge < -0.3 is 14.2 Å². The van der Waals surface area contributed by atoms with E-state index in [4.69, 9.17) is 14.2 Å². The Morgan fingerprint density at radius 1 is 1.05 bits per heavy atom. The predicted molar refractivity (Wildman–Crippen MR) is 82.2 cm³/mol. The molecule has 0 aromatic heterocycles. The molecule has 0 amide bonds. The van der Waals surface area contributed by atoms with Crippen LogP contribution in [0, 0.1) is 0 Å². The van der Waals surface area contributed by atoms with Gasteiger partial charge in [0.05, 0.1) is 31.8 Å². The van der Waals surface area contributed by atoms with Crippen LogP contribution in [0.2, 0.25) is 0 Å². The number of hydrogen-bond acceptors (Lipinski definition) is 4. The molecule has 1 aliphatic heterocycles. The van der Waals surface area contributed by atoms with Crippen LogP contribution >= 0.6 is 0 Å². The number of rotatable bonds is 5. The summed E-state index contributed by atoms with van der Waals surface area (Å²) >= 11 is 0. The summed E-state index contributed by atoms with van der Waals surface area (Å²) in [6, 6.07) is 16.8. The third kappa shape index (κ3) is 2.89. The van der Waals surface area contributed by atoms with E-state index >= 15 is 0 Å². The van der Waals surface area contributed by atoms with Crippen molar-refractivity contribution in [3.8, 4) is 5.75 Å². The van der Waals surface area contributed by atoms with Crippen LogP contribution in [0.4, 0.5) is 0 Å². The lowest BCUT2D eigenvalue weighted by molar-refractivity contribution is -0.0536. The summed E-state index contributed by atoms with van der Waals surface area (Å²) in [4.78, 5) is 13.1. The van der Waals surface area contributed by atoms with Crippen molar-refractivity contribution in [2.45, 2.75) is 12.2 Å². The Morgan fingerprint density at radius 3 is 2.36 bits per heavy atom. The van der Waals surface area contributed by atoms with Crippen molar-refractivity contribution >= 4 is 5.78 Å². The Kier molecular flexibility index (Phi) is 4.51. The van der Waals surface area contributed by atoms with E-state index in [0.29, 0.717) is 24.5 Å². The van der Waals surface area contributed by atoms with Gasteiger partial charge in [-0.1, -0.05) is 42.5 Å². The van der Waals surface area contributed by atoms with E-state index in [1.165, 1.54) is 0 Å². The summed E-state index contributed by atoms with van der Waals surface area (Å²) in [6.07, 6.45) is -0.556. The van der Waals surface area contributed by atoms with Gasteiger partial charge in [0.25, 0.3) is 0 Å². The quantitative estimate of drug-likeness (QED) is 0.796. The minimum atomic E-state index is -0.556. The number of methoxy groups -OCH3 is 1. The highest BCUT2D eigenvalue weighted by atomic mass is 16.7. The Balaban J connectivity index is 2.00. The van der Waals surface area contributed by atoms with E-state index in [2.05, 4.69) is 0 Å². The molecule has 1 fully saturated rings. The lowest BCUT2D eigenvalue weighted by atomic mass is 9.89. The van der Waals surface area contributed by atoms with Crippen molar-refractivity contribution in [1.29, 1.82) is 0 Å². The summed E-state index contributed by atoms with van der Waals surface area (Å²) in [7, 11) is 1.56. The van der Waals surface area contributed by atoms with Gasteiger partial charge in [-0.15, -0.1) is 0 Å². The number of carbonyl (C=O) groups excluding carboxylic acids is 1. The number of ether oxygens (including phenoxy) is 3. The van der Waals surface area contributed by atoms with Gasteiger partial charge in [0.15, 0.2) is 12.1 Å². The highest BCUT2D eigenvalue weighted by Crippen LogP contribution is 2.32. The van der Waals surface area contributed by atoms with E-state index in [0.717, 1.165) is 5.56 Å². The second-order valence-electron chi connectivity index (χ2n) is 5.06. The monoisotopic (exact) mass is 298 g/mol. The first kappa shape index (κ1) is 14.8. The normalized spacial score (nSPS) is 16.4. The largest absolute Gasteiger partial charge is 0.496 e. The molecule has 0 spiro atoms. The summed E-state index contributed by atoms with van der Waals surface area (Å²) in [5.41, 5.74) is 1.42. The van der Waals surface area contributed by atoms with Gasteiger partial charge in [-0.2, -0.15) is 0 Å². The second-order valence-corrected chi connectivity index (χ2v) is 5.06. The molecule has 2 aromatic rings. The first-order chi connectivity index (χ1) is 10.8. The molecule has 22 heavy (non-hydrogen) atoms. The number of benzene rings is 2. The Labute approximate surface area is 129 Å². The predicted octanol–water partition coefficient (Wildman–Crippen LogP) is 3.03. The van der Waals surface area contributed by atoms with Gasteiger partial charge in [-0.05, 0) is 17.7 Å². The number of ketones is 1. The van der Waals surface area contributed by atoms with E-state index < -0.39 is 12.2 Å². The maximum absolute atomic E-state index is 13.1. The topological polar surface area (TPSA) is 44.8 Å². The second kappa shape index (κ2) is 6.73. The minimum Gasteiger partial charge on any atom is -0.496 e. The zero-order chi connectivity index (χ0) is 15.4. The molecule has 114 valence electrons. The fourth-order valence-corrected chi connectivity index (χ4v) is 2.68. The summed E-state index contributed by atoms with van der Waals surface area (Å²) in [6.45, 7) is 1.01. The van der Waals surface area contributed by atoms with Crippen molar-refractivity contribution in [3.63, 3.8) is 0 Å². The number of carbonyl (C=O) groups is 1. The first-order valence-corrected chi connectivity index (χ1v) is 7.26. The molecule has 2 aromatic carbocycles. The summed E-state index contributed by atoms with van der Waals surface area (Å²) in [5, 5.41) is 0. The number of hydrogen-bond donors (Lipinski definition) is 0. The molecular weight excluding hydrogens is 280 g/mol. The van der Waals surface area contributed by atoms with Gasteiger partial charge >= 0.3 is 0 Å². The van der Waals surface area contributed by atoms with Gasteiger partial charge in [-0.25, -0.2) is 0 Å². The molecule has 1 heterocycles. The van der Waals surface area contributed by atoms with Gasteiger partial charge in [0.1, 0.15) is 5.75 Å². The van der Waals surface area contributed by atoms with Crippen molar-refractivity contribution in [1.82, 2.24) is 0 Å². The molecule has 1 atom stereocenters. The molecule has 1 saturated heterocycles. The number of para-hydroxylation sites is 1. The van der Waals surface area contributed by atoms with Crippen LogP contribution in [0.25, 0.3) is 0 Å². The Morgan fingerprint density at radius 2 is 1.68 bits per heavy atom. The van der Waals surface area contributed by atoms with E-state index in [9.17, 15) is 4.79 Å². The van der Waals surface area contributed by atoms with Crippen LogP contribution in [0.5, 0.6) is 5.75 Å². The molecule has 1 aliphatic rings. The molecule has 4 nitrogen and oxygen atoms in total. The van der Waals surface area contributed by atoms with Crippen molar-refractivity contribution in [3.05, 3.63) is 65.7 Å². The average molecular weight is 298 g/mol. The molecule has 1 unspecified atom stereocenters. The molecule has 0 aliphatic carbocycles. The third-order valence-electron chi connectivity index (χ3n) is 3.73. The van der Waals surface area contributed by atoms with Gasteiger partial charge in [-0.3, -0.25) is 4.79 Å². The molecule has 0 saturated carbocycles. The van der Waals surface area contributed by atoms with Crippen molar-refractivity contribution < 1.29 is 19.0 Å². The minimum absolute atomic E-state index is 0.0597. The van der Waals surface area contributed by atoms with Crippen LogP contribution in [0.15, 0.2) is 54.6 Å². The lowest BCUT2D eigenvalue weighted by Gasteiger charge is -2.22. The maximum Gasteiger partial charge on any atom is 0.179 e.